The molecule has 42 heavy (non-hydrogen) atoms. The van der Waals surface area contributed by atoms with E-state index in [4.69, 9.17) is 4.55 Å². The zero-order valence-electron chi connectivity index (χ0n) is 18.3. The monoisotopic (exact) mass is 692 g/mol. The zero-order chi connectivity index (χ0) is 34.2. The van der Waals surface area contributed by atoms with Gasteiger partial charge < -0.3 is 4.74 Å². The molecule has 0 saturated heterocycles. The Kier molecular flexibility index (Phi) is 8.69. The number of hydrogen-bond acceptors (Lipinski definition) is 3. The Bertz CT molecular complexity index is 1250. The Labute approximate surface area is 215 Å². The fourth-order valence-electron chi connectivity index (χ4n) is 2.44. The lowest BCUT2D eigenvalue weighted by molar-refractivity contribution is -0.480. The van der Waals surface area contributed by atoms with Gasteiger partial charge in [-0.3, -0.25) is 4.55 Å². The molecule has 0 aliphatic carbocycles. The van der Waals surface area contributed by atoms with E-state index >= 15 is 0 Å². The topological polar surface area (TPSA) is 63.6 Å². The van der Waals surface area contributed by atoms with Crippen molar-refractivity contribution in [3.05, 3.63) is 24.3 Å². The first-order valence-electron chi connectivity index (χ1n) is 9.17. The van der Waals surface area contributed by atoms with E-state index in [-0.39, 0.29) is 24.3 Å². The van der Waals surface area contributed by atoms with Gasteiger partial charge in [0.05, 0.1) is 4.90 Å². The summed E-state index contributed by atoms with van der Waals surface area (Å²) in [6, 6.07) is -0.566. The molecular weight excluding hydrogens is 687 g/mol. The van der Waals surface area contributed by atoms with E-state index in [1.807, 2.05) is 0 Å². The van der Waals surface area contributed by atoms with Crippen molar-refractivity contribution in [2.45, 2.75) is 64.6 Å². The molecule has 1 aromatic carbocycles. The molecule has 0 aliphatic rings. The van der Waals surface area contributed by atoms with Crippen molar-refractivity contribution >= 4 is 10.1 Å². The van der Waals surface area contributed by atoms with Crippen molar-refractivity contribution < 1.29 is 110 Å². The fraction of sp³-hybridized carbons (Fsp3) is 0.625. The molecule has 1 aromatic rings. The molecule has 1 N–H and O–H groups in total. The maximum Gasteiger partial charge on any atom is 0.471 e. The first kappa shape index (κ1) is 37.5. The number of ether oxygens (including phenoxy) is 1. The summed E-state index contributed by atoms with van der Waals surface area (Å²) in [6.07, 6.45) is -15.4. The molecule has 4 nitrogen and oxygen atoms in total. The van der Waals surface area contributed by atoms with Gasteiger partial charge in [-0.25, -0.2) is 0 Å². The highest BCUT2D eigenvalue weighted by Gasteiger charge is 2.98. The second kappa shape index (κ2) is 9.73. The Morgan fingerprint density at radius 1 is 0.452 bits per heavy atom. The molecule has 246 valence electrons. The van der Waals surface area contributed by atoms with Crippen LogP contribution in [0.3, 0.4) is 0 Å². The van der Waals surface area contributed by atoms with Crippen LogP contribution in [0.15, 0.2) is 29.2 Å². The molecule has 0 heterocycles. The average molecular weight is 692 g/mol. The van der Waals surface area contributed by atoms with Gasteiger partial charge in [-0.15, -0.1) is 0 Å². The molecule has 0 fully saturated rings. The molecule has 0 saturated carbocycles. The number of halogens is 21. The van der Waals surface area contributed by atoms with E-state index in [1.54, 1.807) is 0 Å². The molecule has 0 atom stereocenters. The average Bonchev–Trinajstić information content (AvgIpc) is 2.76. The largest absolute Gasteiger partial charge is 0.471 e. The summed E-state index contributed by atoms with van der Waals surface area (Å²) in [5.74, 6) is -73.5. The van der Waals surface area contributed by atoms with Crippen LogP contribution < -0.4 is 4.74 Å². The smallest absolute Gasteiger partial charge is 0.428 e. The predicted octanol–water partition coefficient (Wildman–Crippen LogP) is 7.55. The lowest BCUT2D eigenvalue weighted by Crippen LogP contribution is -2.77. The van der Waals surface area contributed by atoms with Crippen LogP contribution in [0.2, 0.25) is 0 Å². The predicted molar refractivity (Wildman–Crippen MR) is 87.5 cm³/mol. The van der Waals surface area contributed by atoms with E-state index in [0.29, 0.717) is 0 Å². The third-order valence-electron chi connectivity index (χ3n) is 4.85. The summed E-state index contributed by atoms with van der Waals surface area (Å²) in [4.78, 5) is -1.28. The van der Waals surface area contributed by atoms with Crippen LogP contribution in [-0.4, -0.2) is 72.6 Å². The van der Waals surface area contributed by atoms with E-state index in [9.17, 15) is 101 Å². The number of alkyl halides is 21. The maximum atomic E-state index is 13.8. The number of rotatable bonds is 11. The standard InChI is InChI=1S/C16H5F21O4S/c17-7(18,9(21,22)11(25,26)13(29,30)15(33,34)35)8(19,20)10(23,24)12(27,28)14(31,32)16(36,37)41-5-1-3-6(4-2-5)42(38,39)40/h1-4H,(H,38,39,40). The summed E-state index contributed by atoms with van der Waals surface area (Å²) in [7, 11) is -5.19. The first-order chi connectivity index (χ1) is 17.9. The van der Waals surface area contributed by atoms with Crippen molar-refractivity contribution in [3.8, 4) is 5.75 Å². The van der Waals surface area contributed by atoms with E-state index in [2.05, 4.69) is 4.74 Å². The third kappa shape index (κ3) is 5.03. The molecule has 0 radical (unpaired) electrons. The highest BCUT2D eigenvalue weighted by Crippen LogP contribution is 2.66. The fourth-order valence-corrected chi connectivity index (χ4v) is 2.92. The Morgan fingerprint density at radius 2 is 0.714 bits per heavy atom. The highest BCUT2D eigenvalue weighted by atomic mass is 32.2. The van der Waals surface area contributed by atoms with Gasteiger partial charge >= 0.3 is 59.7 Å². The van der Waals surface area contributed by atoms with Gasteiger partial charge in [-0.1, -0.05) is 0 Å². The minimum Gasteiger partial charge on any atom is -0.428 e. The lowest BCUT2D eigenvalue weighted by atomic mass is 9.87. The summed E-state index contributed by atoms with van der Waals surface area (Å²) in [5.41, 5.74) is 0. The van der Waals surface area contributed by atoms with Gasteiger partial charge in [0.2, 0.25) is 0 Å². The number of hydrogen-bond donors (Lipinski definition) is 1. The summed E-state index contributed by atoms with van der Waals surface area (Å²) in [6.45, 7) is 0. The van der Waals surface area contributed by atoms with Crippen molar-refractivity contribution in [1.82, 2.24) is 0 Å². The van der Waals surface area contributed by atoms with Crippen molar-refractivity contribution in [1.29, 1.82) is 0 Å². The van der Waals surface area contributed by atoms with Gasteiger partial charge in [0.15, 0.2) is 0 Å². The van der Waals surface area contributed by atoms with Gasteiger partial charge in [-0.2, -0.15) is 101 Å². The Balaban J connectivity index is 3.70. The molecule has 0 aromatic heterocycles. The van der Waals surface area contributed by atoms with Crippen LogP contribution in [0.1, 0.15) is 0 Å². The van der Waals surface area contributed by atoms with Crippen LogP contribution in [0, 0.1) is 0 Å². The quantitative estimate of drug-likeness (QED) is 0.192. The van der Waals surface area contributed by atoms with Crippen LogP contribution in [0.5, 0.6) is 5.75 Å². The SMILES string of the molecule is O=S(=O)(O)c1ccc(OC(F)(F)C(F)(F)C(F)(F)C(F)(F)C(F)(F)C(F)(F)C(F)(F)C(F)(F)C(F)(F)C(F)(F)F)cc1. The maximum absolute atomic E-state index is 13.8. The van der Waals surface area contributed by atoms with E-state index in [0.717, 1.165) is 0 Å². The molecule has 0 spiro atoms. The van der Waals surface area contributed by atoms with Crippen LogP contribution in [-0.2, 0) is 10.1 Å². The van der Waals surface area contributed by atoms with Crippen molar-refractivity contribution in [2.24, 2.45) is 0 Å². The van der Waals surface area contributed by atoms with E-state index < -0.39 is 80.4 Å². The number of benzene rings is 1. The van der Waals surface area contributed by atoms with Crippen LogP contribution in [0.4, 0.5) is 92.2 Å². The normalized spacial score (nSPS) is 16.0. The van der Waals surface area contributed by atoms with Crippen molar-refractivity contribution in [2.75, 3.05) is 0 Å². The Morgan fingerprint density at radius 3 is 0.976 bits per heavy atom. The second-order valence-electron chi connectivity index (χ2n) is 7.66. The van der Waals surface area contributed by atoms with Crippen LogP contribution >= 0.6 is 0 Å². The molecule has 0 aliphatic heterocycles. The summed E-state index contributed by atoms with van der Waals surface area (Å²) in [5, 5.41) is 0. The molecule has 1 rings (SSSR count). The van der Waals surface area contributed by atoms with Gasteiger partial charge in [0.1, 0.15) is 5.75 Å². The summed E-state index contributed by atoms with van der Waals surface area (Å²) >= 11 is 0. The van der Waals surface area contributed by atoms with Gasteiger partial charge in [0.25, 0.3) is 10.1 Å². The lowest BCUT2D eigenvalue weighted by Gasteiger charge is -2.44. The van der Waals surface area contributed by atoms with Gasteiger partial charge in [0, 0.05) is 0 Å². The molecule has 0 amide bonds. The third-order valence-corrected chi connectivity index (χ3v) is 5.72. The minimum absolute atomic E-state index is 0.0423. The minimum atomic E-state index is -9.29. The molecule has 26 heteroatoms. The summed E-state index contributed by atoms with van der Waals surface area (Å²) < 4.78 is 312. The first-order valence-corrected chi connectivity index (χ1v) is 10.6. The highest BCUT2D eigenvalue weighted by molar-refractivity contribution is 7.85. The van der Waals surface area contributed by atoms with E-state index in [1.165, 1.54) is 0 Å². The van der Waals surface area contributed by atoms with Gasteiger partial charge in [-0.05, 0) is 24.3 Å². The molecule has 0 bridgehead atoms. The van der Waals surface area contributed by atoms with Crippen LogP contribution in [0.25, 0.3) is 0 Å². The molecule has 0 unspecified atom stereocenters. The zero-order valence-corrected chi connectivity index (χ0v) is 19.1. The van der Waals surface area contributed by atoms with Crippen molar-refractivity contribution in [3.63, 3.8) is 0 Å². The molecular formula is C16H5F21O4S. The second-order valence-corrected chi connectivity index (χ2v) is 9.08. The Hall–Kier alpha value is -2.54.